The summed E-state index contributed by atoms with van der Waals surface area (Å²) in [6.45, 7) is 0.0652. The van der Waals surface area contributed by atoms with E-state index in [1.165, 1.54) is 11.3 Å². The second-order valence-electron chi connectivity index (χ2n) is 6.81. The van der Waals surface area contributed by atoms with Gasteiger partial charge in [0.1, 0.15) is 0 Å². The third-order valence-corrected chi connectivity index (χ3v) is 5.82. The van der Waals surface area contributed by atoms with Gasteiger partial charge in [-0.1, -0.05) is 19.3 Å². The average molecular weight is 345 g/mol. The number of hydroxylamine groups is 2. The van der Waals surface area contributed by atoms with Gasteiger partial charge in [0.05, 0.1) is 17.3 Å². The van der Waals surface area contributed by atoms with Gasteiger partial charge in [0.15, 0.2) is 6.10 Å². The number of carbonyl (C=O) groups excluding carboxylic acids is 2. The topological polar surface area (TPSA) is 70.1 Å². The lowest BCUT2D eigenvalue weighted by Gasteiger charge is -2.32. The minimum atomic E-state index is -0.727. The highest BCUT2D eigenvalue weighted by Crippen LogP contribution is 2.41. The van der Waals surface area contributed by atoms with E-state index in [0.29, 0.717) is 12.8 Å². The van der Waals surface area contributed by atoms with E-state index >= 15 is 0 Å². The average Bonchev–Trinajstić information content (AvgIpc) is 3.01. The summed E-state index contributed by atoms with van der Waals surface area (Å²) in [5.41, 5.74) is 0. The number of likely N-dealkylation sites (tertiary alicyclic amines) is 1. The largest absolute Gasteiger partial charge is 0.396 e. The molecule has 1 N–H and O–H groups in total. The highest BCUT2D eigenvalue weighted by molar-refractivity contribution is 6.21. The van der Waals surface area contributed by atoms with Crippen LogP contribution in [0, 0.1) is 5.92 Å². The number of aliphatic hydroxyl groups excluding tert-OH is 1. The molecule has 4 atom stereocenters. The lowest BCUT2D eigenvalue weighted by atomic mass is 9.91. The number of carbonyl (C=O) groups is 2. The monoisotopic (exact) mass is 344 g/mol. The van der Waals surface area contributed by atoms with Crippen LogP contribution in [0.2, 0.25) is 0 Å². The van der Waals surface area contributed by atoms with Gasteiger partial charge in [-0.15, -0.1) is 11.6 Å². The van der Waals surface area contributed by atoms with E-state index in [2.05, 4.69) is 0 Å². The minimum Gasteiger partial charge on any atom is -0.396 e. The Labute approximate surface area is 141 Å². The molecule has 7 heteroatoms. The molecule has 0 aromatic heterocycles. The smallest absolute Gasteiger partial charge is 0.261 e. The van der Waals surface area contributed by atoms with Crippen LogP contribution in [0.5, 0.6) is 0 Å². The van der Waals surface area contributed by atoms with Crippen LogP contribution in [0.25, 0.3) is 0 Å². The van der Waals surface area contributed by atoms with Gasteiger partial charge in [0.2, 0.25) is 5.91 Å². The molecule has 3 rings (SSSR count). The van der Waals surface area contributed by atoms with Crippen LogP contribution in [0.1, 0.15) is 44.9 Å². The van der Waals surface area contributed by atoms with Crippen molar-refractivity contribution in [3.63, 3.8) is 0 Å². The van der Waals surface area contributed by atoms with Gasteiger partial charge in [-0.3, -0.25) is 19.3 Å². The second-order valence-corrected chi connectivity index (χ2v) is 7.37. The second kappa shape index (κ2) is 7.05. The summed E-state index contributed by atoms with van der Waals surface area (Å²) in [4.78, 5) is 32.8. The summed E-state index contributed by atoms with van der Waals surface area (Å²) < 4.78 is 0. The first-order valence-corrected chi connectivity index (χ1v) is 9.01. The van der Waals surface area contributed by atoms with E-state index in [4.69, 9.17) is 21.5 Å². The fourth-order valence-electron chi connectivity index (χ4n) is 4.21. The number of fused-ring (bicyclic) bond motifs is 1. The summed E-state index contributed by atoms with van der Waals surface area (Å²) in [7, 11) is 1.73. The molecule has 1 saturated carbocycles. The Morgan fingerprint density at radius 3 is 2.61 bits per heavy atom. The maximum atomic E-state index is 12.9. The molecule has 2 saturated heterocycles. The summed E-state index contributed by atoms with van der Waals surface area (Å²) >= 11 is 6.46. The van der Waals surface area contributed by atoms with Crippen molar-refractivity contribution in [3.05, 3.63) is 0 Å². The van der Waals surface area contributed by atoms with Gasteiger partial charge in [0, 0.05) is 19.7 Å². The molecule has 0 aromatic carbocycles. The molecular weight excluding hydrogens is 320 g/mol. The Hall–Kier alpha value is -0.690. The first-order chi connectivity index (χ1) is 11.1. The summed E-state index contributed by atoms with van der Waals surface area (Å²) in [6.07, 6.45) is 5.53. The van der Waals surface area contributed by atoms with Crippen molar-refractivity contribution in [1.29, 1.82) is 0 Å². The van der Waals surface area contributed by atoms with E-state index in [0.717, 1.165) is 25.7 Å². The molecule has 0 unspecified atom stereocenters. The zero-order valence-electron chi connectivity index (χ0n) is 13.5. The van der Waals surface area contributed by atoms with Crippen LogP contribution in [-0.2, 0) is 14.4 Å². The van der Waals surface area contributed by atoms with Crippen molar-refractivity contribution < 1.29 is 19.5 Å². The van der Waals surface area contributed by atoms with Crippen LogP contribution in [0.3, 0.4) is 0 Å². The number of rotatable bonds is 5. The minimum absolute atomic E-state index is 0.0233. The van der Waals surface area contributed by atoms with Crippen molar-refractivity contribution in [2.45, 2.75) is 68.5 Å². The van der Waals surface area contributed by atoms with Gasteiger partial charge in [-0.2, -0.15) is 5.06 Å². The predicted octanol–water partition coefficient (Wildman–Crippen LogP) is 1.30. The Balaban J connectivity index is 1.77. The lowest BCUT2D eigenvalue weighted by Crippen LogP contribution is -2.47. The van der Waals surface area contributed by atoms with E-state index in [-0.39, 0.29) is 35.9 Å². The summed E-state index contributed by atoms with van der Waals surface area (Å²) in [6, 6.07) is -0.298. The van der Waals surface area contributed by atoms with Crippen molar-refractivity contribution in [1.82, 2.24) is 9.96 Å². The molecule has 6 nitrogen and oxygen atoms in total. The van der Waals surface area contributed by atoms with Gasteiger partial charge in [-0.25, -0.2) is 0 Å². The van der Waals surface area contributed by atoms with E-state index in [1.54, 1.807) is 12.1 Å². The molecule has 0 spiro atoms. The molecule has 2 amide bonds. The van der Waals surface area contributed by atoms with Crippen molar-refractivity contribution >= 4 is 23.4 Å². The van der Waals surface area contributed by atoms with Gasteiger partial charge in [0.25, 0.3) is 5.91 Å². The molecule has 1 aliphatic carbocycles. The molecule has 2 aliphatic heterocycles. The molecular formula is C16H25ClN2O4. The summed E-state index contributed by atoms with van der Waals surface area (Å²) in [5, 5.41) is 10.2. The highest BCUT2D eigenvalue weighted by Gasteiger charge is 2.60. The Morgan fingerprint density at radius 1 is 1.26 bits per heavy atom. The summed E-state index contributed by atoms with van der Waals surface area (Å²) in [5.74, 6) is -0.848. The van der Waals surface area contributed by atoms with Crippen molar-refractivity contribution in [2.75, 3.05) is 13.7 Å². The third-order valence-electron chi connectivity index (χ3n) is 5.35. The molecule has 3 fully saturated rings. The number of imide groups is 1. The SMILES string of the molecule is CN1O[C@H]2C(=O)N(C3CCCCC3)C(=O)[C@H]2[C@@H]1[C@@H](Cl)CCCO. The fourth-order valence-corrected chi connectivity index (χ4v) is 4.68. The van der Waals surface area contributed by atoms with Crippen LogP contribution in [0.15, 0.2) is 0 Å². The number of aliphatic hydroxyl groups is 1. The first kappa shape index (κ1) is 17.1. The molecule has 2 heterocycles. The number of hydrogen-bond donors (Lipinski definition) is 1. The Morgan fingerprint density at radius 2 is 1.96 bits per heavy atom. The van der Waals surface area contributed by atoms with Crippen LogP contribution >= 0.6 is 11.6 Å². The molecule has 0 bridgehead atoms. The highest BCUT2D eigenvalue weighted by atomic mass is 35.5. The zero-order valence-corrected chi connectivity index (χ0v) is 14.2. The van der Waals surface area contributed by atoms with E-state index in [9.17, 15) is 9.59 Å². The maximum Gasteiger partial charge on any atom is 0.261 e. The van der Waals surface area contributed by atoms with Gasteiger partial charge < -0.3 is 5.11 Å². The Kier molecular flexibility index (Phi) is 5.26. The molecule has 3 aliphatic rings. The molecule has 130 valence electrons. The first-order valence-electron chi connectivity index (χ1n) is 8.57. The molecule has 0 aromatic rings. The van der Waals surface area contributed by atoms with Crippen LogP contribution in [0.4, 0.5) is 0 Å². The van der Waals surface area contributed by atoms with Crippen molar-refractivity contribution in [2.24, 2.45) is 5.92 Å². The number of hydrogen-bond acceptors (Lipinski definition) is 5. The number of alkyl halides is 1. The molecule has 0 radical (unpaired) electrons. The molecule has 23 heavy (non-hydrogen) atoms. The predicted molar refractivity (Wildman–Crippen MR) is 84.6 cm³/mol. The van der Waals surface area contributed by atoms with Gasteiger partial charge in [-0.05, 0) is 25.7 Å². The number of halogens is 1. The maximum absolute atomic E-state index is 12.9. The quantitative estimate of drug-likeness (QED) is 0.601. The van der Waals surface area contributed by atoms with Crippen molar-refractivity contribution in [3.8, 4) is 0 Å². The van der Waals surface area contributed by atoms with Crippen LogP contribution < -0.4 is 0 Å². The fraction of sp³-hybridized carbons (Fsp3) is 0.875. The van der Waals surface area contributed by atoms with E-state index in [1.807, 2.05) is 0 Å². The van der Waals surface area contributed by atoms with Crippen LogP contribution in [-0.4, -0.2) is 64.1 Å². The standard InChI is InChI=1S/C16H25ClN2O4/c1-18-13(11(17)8-5-9-20)12-14(23-18)16(22)19(15(12)21)10-6-3-2-4-7-10/h10-14,20H,2-9H2,1H3/t11-,12-,13-,14+/m0/s1. The Bertz CT molecular complexity index is 469. The zero-order chi connectivity index (χ0) is 16.6. The number of amides is 2. The van der Waals surface area contributed by atoms with E-state index < -0.39 is 12.0 Å². The lowest BCUT2D eigenvalue weighted by molar-refractivity contribution is -0.171. The third kappa shape index (κ3) is 3.02. The normalized spacial score (nSPS) is 34.2. The number of nitrogens with zero attached hydrogens (tertiary/aromatic N) is 2. The van der Waals surface area contributed by atoms with Gasteiger partial charge >= 0.3 is 0 Å².